The average Bonchev–Trinajstić information content (AvgIpc) is 3.25. The second-order valence-corrected chi connectivity index (χ2v) is 8.46. The van der Waals surface area contributed by atoms with E-state index < -0.39 is 0 Å². The Morgan fingerprint density at radius 1 is 0.906 bits per heavy atom. The zero-order chi connectivity index (χ0) is 22.2. The lowest BCUT2D eigenvalue weighted by atomic mass is 9.95. The number of aryl methyl sites for hydroxylation is 1. The highest BCUT2D eigenvalue weighted by atomic mass is 15.6. The van der Waals surface area contributed by atoms with Crippen LogP contribution in [0.3, 0.4) is 0 Å². The summed E-state index contributed by atoms with van der Waals surface area (Å²) in [6.45, 7) is 2.98. The monoisotopic (exact) mass is 422 g/mol. The highest BCUT2D eigenvalue weighted by molar-refractivity contribution is 5.70. The number of aliphatic imine (C=N–C) groups is 1. The molecule has 0 spiro atoms. The summed E-state index contributed by atoms with van der Waals surface area (Å²) in [6, 6.07) is 29.1. The van der Waals surface area contributed by atoms with Gasteiger partial charge in [0.05, 0.1) is 18.2 Å². The molecule has 0 aliphatic carbocycles. The molecule has 0 aromatic heterocycles. The van der Waals surface area contributed by atoms with Gasteiger partial charge in [-0.3, -0.25) is 10.0 Å². The topological polar surface area (TPSA) is 51.4 Å². The molecule has 1 aliphatic heterocycles. The summed E-state index contributed by atoms with van der Waals surface area (Å²) in [7, 11) is 0. The van der Waals surface area contributed by atoms with Gasteiger partial charge in [0, 0.05) is 0 Å². The molecule has 4 heteroatoms. The summed E-state index contributed by atoms with van der Waals surface area (Å²) < 4.78 is 0. The Morgan fingerprint density at radius 3 is 2.41 bits per heavy atom. The third-order valence-electron chi connectivity index (χ3n) is 6.08. The fourth-order valence-corrected chi connectivity index (χ4v) is 4.24. The summed E-state index contributed by atoms with van der Waals surface area (Å²) in [5, 5.41) is 11.5. The van der Waals surface area contributed by atoms with E-state index in [2.05, 4.69) is 78.0 Å². The van der Waals surface area contributed by atoms with E-state index >= 15 is 0 Å². The van der Waals surface area contributed by atoms with Gasteiger partial charge in [-0.2, -0.15) is 5.26 Å². The standard InChI is InChI=1S/C28H30N4/c1-2-3-18-28(19-17-23-9-5-4-6-10-23)30-22-32(31-28)21-24-13-15-25(16-14-24)27-12-8-7-11-26(27)20-29/h4-16,22,31H,2-3,17-19,21H2,1H3. The number of hydrogen-bond donors (Lipinski definition) is 1. The van der Waals surface area contributed by atoms with Gasteiger partial charge in [-0.25, -0.2) is 5.43 Å². The molecule has 0 saturated heterocycles. The molecule has 3 aromatic rings. The van der Waals surface area contributed by atoms with E-state index in [0.29, 0.717) is 5.56 Å². The molecule has 32 heavy (non-hydrogen) atoms. The van der Waals surface area contributed by atoms with Gasteiger partial charge >= 0.3 is 0 Å². The number of nitrogens with one attached hydrogen (secondary N) is 1. The van der Waals surface area contributed by atoms with E-state index in [-0.39, 0.29) is 5.66 Å². The Balaban J connectivity index is 1.41. The molecular weight excluding hydrogens is 392 g/mol. The van der Waals surface area contributed by atoms with Crippen LogP contribution < -0.4 is 5.43 Å². The largest absolute Gasteiger partial charge is 0.292 e. The van der Waals surface area contributed by atoms with Gasteiger partial charge in [-0.15, -0.1) is 0 Å². The molecule has 1 unspecified atom stereocenters. The van der Waals surface area contributed by atoms with Crippen LogP contribution in [0.15, 0.2) is 83.9 Å². The van der Waals surface area contributed by atoms with Crippen molar-refractivity contribution >= 4 is 6.34 Å². The van der Waals surface area contributed by atoms with Crippen molar-refractivity contribution in [3.05, 3.63) is 95.6 Å². The van der Waals surface area contributed by atoms with Gasteiger partial charge in [0.1, 0.15) is 12.0 Å². The van der Waals surface area contributed by atoms with Crippen LogP contribution in [0.25, 0.3) is 11.1 Å². The Bertz CT molecular complexity index is 1080. The van der Waals surface area contributed by atoms with Crippen LogP contribution in [0.2, 0.25) is 0 Å². The molecule has 1 aliphatic rings. The Hall–Kier alpha value is -3.42. The number of nitriles is 1. The molecule has 0 radical (unpaired) electrons. The van der Waals surface area contributed by atoms with Gasteiger partial charge in [0.2, 0.25) is 0 Å². The zero-order valence-electron chi connectivity index (χ0n) is 18.7. The predicted molar refractivity (Wildman–Crippen MR) is 131 cm³/mol. The van der Waals surface area contributed by atoms with Gasteiger partial charge < -0.3 is 0 Å². The van der Waals surface area contributed by atoms with Gasteiger partial charge in [0.25, 0.3) is 0 Å². The van der Waals surface area contributed by atoms with E-state index in [9.17, 15) is 5.26 Å². The molecule has 0 amide bonds. The molecule has 3 aromatic carbocycles. The summed E-state index contributed by atoms with van der Waals surface area (Å²) >= 11 is 0. The van der Waals surface area contributed by atoms with E-state index in [4.69, 9.17) is 4.99 Å². The summed E-state index contributed by atoms with van der Waals surface area (Å²) in [5.41, 5.74) is 8.76. The lowest BCUT2D eigenvalue weighted by molar-refractivity contribution is 0.188. The van der Waals surface area contributed by atoms with Crippen molar-refractivity contribution in [2.75, 3.05) is 0 Å². The van der Waals surface area contributed by atoms with Crippen LogP contribution in [0.4, 0.5) is 0 Å². The van der Waals surface area contributed by atoms with Crippen molar-refractivity contribution in [2.45, 2.75) is 51.2 Å². The third kappa shape index (κ3) is 5.25. The Kier molecular flexibility index (Phi) is 6.99. The molecule has 4 nitrogen and oxygen atoms in total. The Morgan fingerprint density at radius 2 is 1.66 bits per heavy atom. The van der Waals surface area contributed by atoms with Crippen LogP contribution in [0.1, 0.15) is 49.3 Å². The van der Waals surface area contributed by atoms with Crippen molar-refractivity contribution in [1.82, 2.24) is 10.4 Å². The van der Waals surface area contributed by atoms with E-state index in [1.54, 1.807) is 0 Å². The van der Waals surface area contributed by atoms with Crippen LogP contribution >= 0.6 is 0 Å². The van der Waals surface area contributed by atoms with Gasteiger partial charge in [0.15, 0.2) is 0 Å². The smallest absolute Gasteiger partial charge is 0.129 e. The molecule has 1 atom stereocenters. The summed E-state index contributed by atoms with van der Waals surface area (Å²) in [5.74, 6) is 0. The predicted octanol–water partition coefficient (Wildman–Crippen LogP) is 6.09. The first-order chi connectivity index (χ1) is 15.7. The zero-order valence-corrected chi connectivity index (χ0v) is 18.7. The molecule has 0 saturated carbocycles. The summed E-state index contributed by atoms with van der Waals surface area (Å²) in [4.78, 5) is 4.94. The molecule has 1 N–H and O–H groups in total. The first-order valence-electron chi connectivity index (χ1n) is 11.4. The number of nitrogens with zero attached hydrogens (tertiary/aromatic N) is 3. The van der Waals surface area contributed by atoms with Crippen LogP contribution in [-0.2, 0) is 13.0 Å². The average molecular weight is 423 g/mol. The van der Waals surface area contributed by atoms with Crippen molar-refractivity contribution in [2.24, 2.45) is 4.99 Å². The SMILES string of the molecule is CCCCC1(CCc2ccccc2)N=CN(Cc2ccc(-c3ccccc3C#N)cc2)N1. The fraction of sp³-hybridized carbons (Fsp3) is 0.286. The first-order valence-corrected chi connectivity index (χ1v) is 11.4. The second kappa shape index (κ2) is 10.3. The maximum absolute atomic E-state index is 9.37. The highest BCUT2D eigenvalue weighted by Gasteiger charge is 2.33. The minimum absolute atomic E-state index is 0.225. The van der Waals surface area contributed by atoms with Crippen LogP contribution in [-0.4, -0.2) is 17.0 Å². The molecule has 162 valence electrons. The lowest BCUT2D eigenvalue weighted by Gasteiger charge is -2.30. The molecule has 4 rings (SSSR count). The van der Waals surface area contributed by atoms with E-state index in [0.717, 1.165) is 49.8 Å². The van der Waals surface area contributed by atoms with Crippen LogP contribution in [0, 0.1) is 11.3 Å². The first kappa shape index (κ1) is 21.8. The second-order valence-electron chi connectivity index (χ2n) is 8.46. The van der Waals surface area contributed by atoms with Crippen molar-refractivity contribution in [3.8, 4) is 17.2 Å². The number of rotatable bonds is 9. The highest BCUT2D eigenvalue weighted by Crippen LogP contribution is 2.28. The van der Waals surface area contributed by atoms with Crippen LogP contribution in [0.5, 0.6) is 0 Å². The minimum Gasteiger partial charge on any atom is -0.292 e. The maximum Gasteiger partial charge on any atom is 0.129 e. The number of hydrogen-bond acceptors (Lipinski definition) is 4. The third-order valence-corrected chi connectivity index (χ3v) is 6.08. The molecule has 0 bridgehead atoms. The van der Waals surface area contributed by atoms with Gasteiger partial charge in [-0.05, 0) is 54.0 Å². The van der Waals surface area contributed by atoms with Gasteiger partial charge in [-0.1, -0.05) is 86.1 Å². The molecule has 0 fully saturated rings. The Labute approximate surface area is 191 Å². The molecular formula is C28H30N4. The van der Waals surface area contributed by atoms with E-state index in [1.165, 1.54) is 11.1 Å². The number of hydrazine groups is 1. The van der Waals surface area contributed by atoms with Crippen molar-refractivity contribution < 1.29 is 0 Å². The normalized spacial score (nSPS) is 17.4. The molecule has 1 heterocycles. The van der Waals surface area contributed by atoms with E-state index in [1.807, 2.05) is 30.6 Å². The van der Waals surface area contributed by atoms with Crippen molar-refractivity contribution in [3.63, 3.8) is 0 Å². The number of unbranched alkanes of at least 4 members (excludes halogenated alkanes) is 1. The number of benzene rings is 3. The quantitative estimate of drug-likeness (QED) is 0.454. The minimum atomic E-state index is -0.225. The fourth-order valence-electron chi connectivity index (χ4n) is 4.24. The van der Waals surface area contributed by atoms with Crippen molar-refractivity contribution in [1.29, 1.82) is 5.26 Å². The summed E-state index contributed by atoms with van der Waals surface area (Å²) in [6.07, 6.45) is 7.30. The lowest BCUT2D eigenvalue weighted by Crippen LogP contribution is -2.47. The maximum atomic E-state index is 9.37.